The Morgan fingerprint density at radius 2 is 1.82 bits per heavy atom. The Balaban J connectivity index is 1.85. The highest BCUT2D eigenvalue weighted by Crippen LogP contribution is 2.39. The number of anilines is 1. The number of benzene rings is 1. The molecular weight excluding hydrogens is 444 g/mol. The Labute approximate surface area is 198 Å². The van der Waals surface area contributed by atoms with Gasteiger partial charge >= 0.3 is 5.97 Å². The Hall–Kier alpha value is -3.04. The van der Waals surface area contributed by atoms with Crippen molar-refractivity contribution in [3.63, 3.8) is 0 Å². The van der Waals surface area contributed by atoms with E-state index in [-0.39, 0.29) is 12.5 Å². The molecule has 0 atom stereocenters. The second-order valence-corrected chi connectivity index (χ2v) is 8.43. The summed E-state index contributed by atoms with van der Waals surface area (Å²) in [5.41, 5.74) is 2.16. The Morgan fingerprint density at radius 1 is 1.12 bits per heavy atom. The Morgan fingerprint density at radius 3 is 2.39 bits per heavy atom. The topological polar surface area (TPSA) is 86.3 Å². The van der Waals surface area contributed by atoms with Crippen LogP contribution in [0.4, 0.5) is 5.00 Å². The maximum absolute atomic E-state index is 12.7. The van der Waals surface area contributed by atoms with E-state index in [1.54, 1.807) is 25.1 Å². The minimum Gasteiger partial charge on any atom is -0.493 e. The fourth-order valence-corrected chi connectivity index (χ4v) is 5.04. The number of hydrogen-bond donors (Lipinski definition) is 1. The Kier molecular flexibility index (Phi) is 8.35. The van der Waals surface area contributed by atoms with E-state index < -0.39 is 5.97 Å². The van der Waals surface area contributed by atoms with Gasteiger partial charge in [-0.25, -0.2) is 4.79 Å². The lowest BCUT2D eigenvalue weighted by atomic mass is 10.0. The molecule has 3 rings (SSSR count). The molecule has 0 unspecified atom stereocenters. The zero-order valence-electron chi connectivity index (χ0n) is 19.6. The zero-order chi connectivity index (χ0) is 24.0. The Bertz CT molecular complexity index is 1020. The predicted molar refractivity (Wildman–Crippen MR) is 129 cm³/mol. The first-order valence-corrected chi connectivity index (χ1v) is 11.6. The van der Waals surface area contributed by atoms with Gasteiger partial charge in [-0.1, -0.05) is 6.92 Å². The average molecular weight is 475 g/mol. The number of nitrogens with zero attached hydrogens (tertiary/aromatic N) is 1. The number of fused-ring (bicyclic) bond motifs is 1. The maximum Gasteiger partial charge on any atom is 0.341 e. The summed E-state index contributed by atoms with van der Waals surface area (Å²) in [7, 11) is 4.60. The van der Waals surface area contributed by atoms with Crippen LogP contribution in [0.5, 0.6) is 17.2 Å². The maximum atomic E-state index is 12.7. The molecule has 1 N–H and O–H groups in total. The van der Waals surface area contributed by atoms with Gasteiger partial charge in [-0.3, -0.25) is 9.69 Å². The minimum absolute atomic E-state index is 0.277. The van der Waals surface area contributed by atoms with Gasteiger partial charge in [0.25, 0.3) is 0 Å². The molecule has 1 aliphatic heterocycles. The molecule has 0 saturated heterocycles. The molecular formula is C24H30N2O6S. The molecule has 8 nitrogen and oxygen atoms in total. The summed E-state index contributed by atoms with van der Waals surface area (Å²) >= 11 is 1.44. The van der Waals surface area contributed by atoms with E-state index in [1.807, 2.05) is 0 Å². The molecule has 2 heterocycles. The largest absolute Gasteiger partial charge is 0.493 e. The molecule has 2 aromatic rings. The summed E-state index contributed by atoms with van der Waals surface area (Å²) < 4.78 is 21.3. The number of ether oxygens (including phenoxy) is 4. The van der Waals surface area contributed by atoms with E-state index in [0.29, 0.717) is 33.4 Å². The molecule has 33 heavy (non-hydrogen) atoms. The number of rotatable bonds is 9. The van der Waals surface area contributed by atoms with Gasteiger partial charge in [0.1, 0.15) is 5.00 Å². The molecule has 0 saturated carbocycles. The molecule has 1 aromatic carbocycles. The van der Waals surface area contributed by atoms with Crippen molar-refractivity contribution in [1.29, 1.82) is 0 Å². The van der Waals surface area contributed by atoms with Gasteiger partial charge in [-0.2, -0.15) is 0 Å². The second kappa shape index (κ2) is 11.2. The summed E-state index contributed by atoms with van der Waals surface area (Å²) in [5.74, 6) is 0.718. The first-order chi connectivity index (χ1) is 15.9. The highest BCUT2D eigenvalue weighted by atomic mass is 32.1. The molecule has 1 amide bonds. The summed E-state index contributed by atoms with van der Waals surface area (Å²) in [6.45, 7) is 6.74. The number of esters is 1. The first-order valence-electron chi connectivity index (χ1n) is 10.8. The molecule has 0 spiro atoms. The van der Waals surface area contributed by atoms with Gasteiger partial charge in [-0.05, 0) is 49.2 Å². The van der Waals surface area contributed by atoms with Crippen molar-refractivity contribution in [3.05, 3.63) is 39.8 Å². The average Bonchev–Trinajstić information content (AvgIpc) is 3.18. The monoisotopic (exact) mass is 474 g/mol. The first kappa shape index (κ1) is 24.6. The molecule has 0 aliphatic carbocycles. The van der Waals surface area contributed by atoms with Crippen molar-refractivity contribution < 1.29 is 28.5 Å². The van der Waals surface area contributed by atoms with Crippen LogP contribution in [0, 0.1) is 0 Å². The van der Waals surface area contributed by atoms with Gasteiger partial charge < -0.3 is 24.3 Å². The number of carbonyl (C=O) groups is 2. The van der Waals surface area contributed by atoms with E-state index in [4.69, 9.17) is 18.9 Å². The fraction of sp³-hybridized carbons (Fsp3) is 0.417. The van der Waals surface area contributed by atoms with E-state index in [9.17, 15) is 9.59 Å². The van der Waals surface area contributed by atoms with Crippen LogP contribution in [0.25, 0.3) is 6.08 Å². The number of thiophene rings is 1. The van der Waals surface area contributed by atoms with Crippen LogP contribution in [0.15, 0.2) is 18.2 Å². The second-order valence-electron chi connectivity index (χ2n) is 7.33. The lowest BCUT2D eigenvalue weighted by Gasteiger charge is -2.25. The third-order valence-corrected chi connectivity index (χ3v) is 6.55. The predicted octanol–water partition coefficient (Wildman–Crippen LogP) is 3.98. The van der Waals surface area contributed by atoms with Gasteiger partial charge in [0.2, 0.25) is 11.7 Å². The van der Waals surface area contributed by atoms with Gasteiger partial charge in [-0.15, -0.1) is 11.3 Å². The lowest BCUT2D eigenvalue weighted by molar-refractivity contribution is -0.111. The van der Waals surface area contributed by atoms with Gasteiger partial charge in [0.15, 0.2) is 11.5 Å². The number of methoxy groups -OCH3 is 3. The van der Waals surface area contributed by atoms with Crippen LogP contribution in [-0.2, 0) is 22.5 Å². The number of likely N-dealkylation sites (N-methyl/N-ethyl adjacent to an activating group) is 1. The molecule has 0 radical (unpaired) electrons. The molecule has 0 fully saturated rings. The summed E-state index contributed by atoms with van der Waals surface area (Å²) in [4.78, 5) is 28.8. The number of carbonyl (C=O) groups excluding carboxylic acids is 2. The third kappa shape index (κ3) is 5.48. The number of hydrogen-bond acceptors (Lipinski definition) is 8. The molecule has 9 heteroatoms. The number of amides is 1. The number of nitrogens with one attached hydrogen (secondary N) is 1. The van der Waals surface area contributed by atoms with Crippen LogP contribution in [0.1, 0.15) is 40.2 Å². The molecule has 0 bridgehead atoms. The van der Waals surface area contributed by atoms with Gasteiger partial charge in [0, 0.05) is 24.0 Å². The summed E-state index contributed by atoms with van der Waals surface area (Å²) in [5, 5.41) is 3.40. The smallest absolute Gasteiger partial charge is 0.341 e. The standard InChI is InChI=1S/C24H30N2O6S/c1-6-26-11-10-16-19(14-26)33-23(21(16)24(28)32-7-2)25-20(27)9-8-15-12-17(29-3)22(31-5)18(13-15)30-4/h8-9,12-13H,6-7,10-11,14H2,1-5H3,(H,25,27)/b9-8+. The third-order valence-electron chi connectivity index (χ3n) is 5.41. The highest BCUT2D eigenvalue weighted by Gasteiger charge is 2.29. The minimum atomic E-state index is -0.399. The van der Waals surface area contributed by atoms with E-state index in [2.05, 4.69) is 17.1 Å². The normalized spacial score (nSPS) is 13.5. The molecule has 1 aliphatic rings. The van der Waals surface area contributed by atoms with Crippen LogP contribution >= 0.6 is 11.3 Å². The van der Waals surface area contributed by atoms with Crippen LogP contribution in [0.2, 0.25) is 0 Å². The lowest BCUT2D eigenvalue weighted by Crippen LogP contribution is -2.30. The zero-order valence-corrected chi connectivity index (χ0v) is 20.5. The van der Waals surface area contributed by atoms with Crippen molar-refractivity contribution in [3.8, 4) is 17.2 Å². The molecule has 178 valence electrons. The summed E-state index contributed by atoms with van der Waals surface area (Å²) in [6, 6.07) is 3.50. The van der Waals surface area contributed by atoms with Crippen molar-refractivity contribution in [2.45, 2.75) is 26.8 Å². The van der Waals surface area contributed by atoms with E-state index in [1.165, 1.54) is 38.7 Å². The fourth-order valence-electron chi connectivity index (χ4n) is 3.76. The van der Waals surface area contributed by atoms with Crippen LogP contribution in [0.3, 0.4) is 0 Å². The van der Waals surface area contributed by atoms with Crippen LogP contribution in [-0.4, -0.2) is 57.8 Å². The van der Waals surface area contributed by atoms with Crippen molar-refractivity contribution in [1.82, 2.24) is 4.90 Å². The van der Waals surface area contributed by atoms with E-state index >= 15 is 0 Å². The van der Waals surface area contributed by atoms with Crippen molar-refractivity contribution >= 4 is 34.3 Å². The van der Waals surface area contributed by atoms with Crippen molar-refractivity contribution in [2.75, 3.05) is 46.3 Å². The SMILES string of the molecule is CCOC(=O)c1c(NC(=O)/C=C/c2cc(OC)c(OC)c(OC)c2)sc2c1CCN(CC)C2. The van der Waals surface area contributed by atoms with E-state index in [0.717, 1.165) is 36.5 Å². The highest BCUT2D eigenvalue weighted by molar-refractivity contribution is 7.17. The van der Waals surface area contributed by atoms with Crippen LogP contribution < -0.4 is 19.5 Å². The molecule has 1 aromatic heterocycles. The van der Waals surface area contributed by atoms with Crippen molar-refractivity contribution in [2.24, 2.45) is 0 Å². The summed E-state index contributed by atoms with van der Waals surface area (Å²) in [6.07, 6.45) is 3.81. The van der Waals surface area contributed by atoms with Gasteiger partial charge in [0.05, 0.1) is 33.5 Å². The quantitative estimate of drug-likeness (QED) is 0.435.